The maximum absolute atomic E-state index is 12.8. The number of carbonyl (C=O) groups excluding carboxylic acids is 3. The van der Waals surface area contributed by atoms with E-state index < -0.39 is 35.9 Å². The van der Waals surface area contributed by atoms with Gasteiger partial charge in [-0.05, 0) is 48.5 Å². The second-order valence-corrected chi connectivity index (χ2v) is 8.56. The van der Waals surface area contributed by atoms with Gasteiger partial charge in [-0.1, -0.05) is 26.0 Å². The Hall–Kier alpha value is -2.75. The van der Waals surface area contributed by atoms with Crippen molar-refractivity contribution >= 4 is 36.0 Å². The molecule has 10 heteroatoms. The van der Waals surface area contributed by atoms with Crippen molar-refractivity contribution in [1.29, 1.82) is 0 Å². The molecule has 0 aliphatic carbocycles. The minimum Gasteiger partial charge on any atom is -0.508 e. The van der Waals surface area contributed by atoms with Crippen LogP contribution in [0.3, 0.4) is 0 Å². The molecule has 0 saturated heterocycles. The number of amides is 3. The first kappa shape index (κ1) is 26.3. The molecule has 1 rings (SSSR count). The van der Waals surface area contributed by atoms with Crippen molar-refractivity contribution in [3.05, 3.63) is 29.8 Å². The van der Waals surface area contributed by atoms with Crippen LogP contribution in [-0.4, -0.2) is 64.5 Å². The molecule has 0 saturated carbocycles. The molecule has 0 bridgehead atoms. The van der Waals surface area contributed by atoms with Crippen molar-refractivity contribution in [2.45, 2.75) is 51.2 Å². The van der Waals surface area contributed by atoms with Gasteiger partial charge in [0.2, 0.25) is 18.2 Å². The highest BCUT2D eigenvalue weighted by Crippen LogP contribution is 2.12. The molecule has 0 aromatic heterocycles. The molecule has 9 nitrogen and oxygen atoms in total. The third-order valence-electron chi connectivity index (χ3n) is 4.53. The van der Waals surface area contributed by atoms with E-state index in [0.29, 0.717) is 30.6 Å². The van der Waals surface area contributed by atoms with Crippen molar-refractivity contribution < 1.29 is 29.4 Å². The number of aliphatic carboxylic acids is 1. The molecule has 1 aromatic carbocycles. The van der Waals surface area contributed by atoms with Crippen LogP contribution in [0.15, 0.2) is 24.3 Å². The van der Waals surface area contributed by atoms with Gasteiger partial charge in [-0.3, -0.25) is 14.4 Å². The van der Waals surface area contributed by atoms with E-state index in [4.69, 9.17) is 0 Å². The first-order chi connectivity index (χ1) is 14.7. The Morgan fingerprint density at radius 3 is 2.13 bits per heavy atom. The van der Waals surface area contributed by atoms with Crippen molar-refractivity contribution in [3.63, 3.8) is 0 Å². The van der Waals surface area contributed by atoms with Crippen molar-refractivity contribution in [3.8, 4) is 5.75 Å². The number of carboxylic acids is 1. The maximum atomic E-state index is 12.8. The largest absolute Gasteiger partial charge is 0.508 e. The molecular formula is C21H31N3O6S. The highest BCUT2D eigenvalue weighted by Gasteiger charge is 2.29. The zero-order chi connectivity index (χ0) is 23.4. The Morgan fingerprint density at radius 2 is 1.61 bits per heavy atom. The third-order valence-corrected chi connectivity index (χ3v) is 5.17. The summed E-state index contributed by atoms with van der Waals surface area (Å²) in [5, 5.41) is 26.5. The number of rotatable bonds is 14. The molecule has 5 N–H and O–H groups in total. The van der Waals surface area contributed by atoms with Crippen LogP contribution in [0.25, 0.3) is 0 Å². The highest BCUT2D eigenvalue weighted by atomic mass is 32.2. The van der Waals surface area contributed by atoms with Gasteiger partial charge in [-0.15, -0.1) is 0 Å². The smallest absolute Gasteiger partial charge is 0.326 e. The summed E-state index contributed by atoms with van der Waals surface area (Å²) in [5.41, 5.74) is 0.627. The molecule has 3 atom stereocenters. The average Bonchev–Trinajstić information content (AvgIpc) is 2.71. The number of phenolic OH excluding ortho intramolecular Hbond substituents is 1. The van der Waals surface area contributed by atoms with E-state index in [0.717, 1.165) is 0 Å². The lowest BCUT2D eigenvalue weighted by Gasteiger charge is -2.25. The molecular weight excluding hydrogens is 422 g/mol. The summed E-state index contributed by atoms with van der Waals surface area (Å²) in [4.78, 5) is 48.0. The van der Waals surface area contributed by atoms with Crippen LogP contribution in [-0.2, 0) is 25.6 Å². The fourth-order valence-corrected chi connectivity index (χ4v) is 3.39. The first-order valence-electron chi connectivity index (χ1n) is 9.98. The summed E-state index contributed by atoms with van der Waals surface area (Å²) >= 11 is 1.53. The number of hydrogen-bond acceptors (Lipinski definition) is 6. The Kier molecular flexibility index (Phi) is 11.5. The third kappa shape index (κ3) is 9.73. The molecule has 0 aliphatic rings. The monoisotopic (exact) mass is 453 g/mol. The number of phenols is 1. The first-order valence-corrected chi connectivity index (χ1v) is 11.4. The van der Waals surface area contributed by atoms with E-state index in [-0.39, 0.29) is 18.1 Å². The summed E-state index contributed by atoms with van der Waals surface area (Å²) in [5.74, 6) is -1.56. The Bertz CT molecular complexity index is 741. The fourth-order valence-electron chi connectivity index (χ4n) is 2.92. The van der Waals surface area contributed by atoms with Gasteiger partial charge in [-0.25, -0.2) is 4.79 Å². The van der Waals surface area contributed by atoms with Crippen LogP contribution in [0.4, 0.5) is 0 Å². The lowest BCUT2D eigenvalue weighted by Crippen LogP contribution is -2.55. The van der Waals surface area contributed by atoms with Gasteiger partial charge >= 0.3 is 5.97 Å². The fraction of sp³-hybridized carbons (Fsp3) is 0.524. The maximum Gasteiger partial charge on any atom is 0.326 e. The molecule has 0 heterocycles. The van der Waals surface area contributed by atoms with Gasteiger partial charge < -0.3 is 26.2 Å². The minimum absolute atomic E-state index is 0.0206. The van der Waals surface area contributed by atoms with E-state index in [1.165, 1.54) is 23.9 Å². The second-order valence-electron chi connectivity index (χ2n) is 7.58. The van der Waals surface area contributed by atoms with Crippen molar-refractivity contribution in [1.82, 2.24) is 16.0 Å². The summed E-state index contributed by atoms with van der Waals surface area (Å²) in [6.45, 7) is 3.76. The molecule has 3 unspecified atom stereocenters. The Labute approximate surface area is 186 Å². The van der Waals surface area contributed by atoms with E-state index in [1.54, 1.807) is 12.1 Å². The van der Waals surface area contributed by atoms with Gasteiger partial charge in [0.15, 0.2) is 0 Å². The minimum atomic E-state index is -1.21. The predicted molar refractivity (Wildman–Crippen MR) is 119 cm³/mol. The van der Waals surface area contributed by atoms with E-state index in [2.05, 4.69) is 16.0 Å². The van der Waals surface area contributed by atoms with E-state index >= 15 is 0 Å². The van der Waals surface area contributed by atoms with Crippen LogP contribution >= 0.6 is 11.8 Å². The Balaban J connectivity index is 2.90. The average molecular weight is 454 g/mol. The molecule has 3 amide bonds. The second kappa shape index (κ2) is 13.5. The van der Waals surface area contributed by atoms with Gasteiger partial charge in [0.05, 0.1) is 0 Å². The standard InChI is InChI=1S/C21H31N3O6S/c1-13(2)10-17(23-19(27)16(22-12-25)8-9-31-3)20(28)24-18(21(29)30)11-14-4-6-15(26)7-5-14/h4-7,12-13,16-18,26H,8-11H2,1-3H3,(H,22,25)(H,23,27)(H,24,28)(H,29,30). The SMILES string of the molecule is CSCCC(NC=O)C(=O)NC(CC(C)C)C(=O)NC(Cc1ccc(O)cc1)C(=O)O. The lowest BCUT2D eigenvalue weighted by molar-refractivity contribution is -0.142. The highest BCUT2D eigenvalue weighted by molar-refractivity contribution is 7.98. The van der Waals surface area contributed by atoms with Crippen LogP contribution in [0.2, 0.25) is 0 Å². The van der Waals surface area contributed by atoms with E-state index in [1.807, 2.05) is 20.1 Å². The summed E-state index contributed by atoms with van der Waals surface area (Å²) < 4.78 is 0. The molecule has 172 valence electrons. The number of thioether (sulfide) groups is 1. The number of aromatic hydroxyl groups is 1. The molecule has 0 spiro atoms. The van der Waals surface area contributed by atoms with Crippen LogP contribution in [0.5, 0.6) is 5.75 Å². The van der Waals surface area contributed by atoms with Crippen LogP contribution in [0.1, 0.15) is 32.3 Å². The molecule has 0 fully saturated rings. The molecule has 1 aromatic rings. The quantitative estimate of drug-likeness (QED) is 0.263. The lowest BCUT2D eigenvalue weighted by atomic mass is 10.0. The summed E-state index contributed by atoms with van der Waals surface area (Å²) in [7, 11) is 0. The number of carboxylic acid groups (broad SMARTS) is 1. The number of hydrogen-bond donors (Lipinski definition) is 5. The van der Waals surface area contributed by atoms with Crippen LogP contribution in [0, 0.1) is 5.92 Å². The van der Waals surface area contributed by atoms with Crippen molar-refractivity contribution in [2.24, 2.45) is 5.92 Å². The van der Waals surface area contributed by atoms with Gasteiger partial charge in [-0.2, -0.15) is 11.8 Å². The molecule has 0 radical (unpaired) electrons. The number of nitrogens with one attached hydrogen (secondary N) is 3. The summed E-state index contributed by atoms with van der Waals surface area (Å²) in [6.07, 6.45) is 3.05. The van der Waals surface area contributed by atoms with Gasteiger partial charge in [0, 0.05) is 6.42 Å². The zero-order valence-corrected chi connectivity index (χ0v) is 18.8. The topological polar surface area (TPSA) is 145 Å². The number of carbonyl (C=O) groups is 4. The normalized spacial score (nSPS) is 13.7. The van der Waals surface area contributed by atoms with Gasteiger partial charge in [0.25, 0.3) is 0 Å². The van der Waals surface area contributed by atoms with Gasteiger partial charge in [0.1, 0.15) is 23.9 Å². The summed E-state index contributed by atoms with van der Waals surface area (Å²) in [6, 6.07) is 3.10. The Morgan fingerprint density at radius 1 is 1.03 bits per heavy atom. The number of benzene rings is 1. The van der Waals surface area contributed by atoms with Crippen molar-refractivity contribution in [2.75, 3.05) is 12.0 Å². The molecule has 0 aliphatic heterocycles. The predicted octanol–water partition coefficient (Wildman–Crippen LogP) is 0.903. The van der Waals surface area contributed by atoms with E-state index in [9.17, 15) is 29.4 Å². The van der Waals surface area contributed by atoms with Crippen LogP contribution < -0.4 is 16.0 Å². The zero-order valence-electron chi connectivity index (χ0n) is 18.0. The molecule has 31 heavy (non-hydrogen) atoms.